The molecular formula is C15H25N3O2S. The molecule has 1 aromatic carbocycles. The van der Waals surface area contributed by atoms with Crippen molar-refractivity contribution >= 4 is 10.0 Å². The first-order valence-electron chi connectivity index (χ1n) is 7.29. The molecule has 0 heterocycles. The maximum Gasteiger partial charge on any atom is 0.240 e. The lowest BCUT2D eigenvalue weighted by Gasteiger charge is -2.47. The van der Waals surface area contributed by atoms with E-state index >= 15 is 0 Å². The fourth-order valence-electron chi connectivity index (χ4n) is 2.63. The number of rotatable bonds is 6. The van der Waals surface area contributed by atoms with Gasteiger partial charge in [0, 0.05) is 18.1 Å². The van der Waals surface area contributed by atoms with Crippen molar-refractivity contribution in [1.29, 1.82) is 0 Å². The van der Waals surface area contributed by atoms with Gasteiger partial charge in [-0.15, -0.1) is 0 Å². The number of nitrogens with zero attached hydrogens (tertiary/aromatic N) is 1. The van der Waals surface area contributed by atoms with E-state index in [9.17, 15) is 8.42 Å². The van der Waals surface area contributed by atoms with Gasteiger partial charge in [-0.1, -0.05) is 12.1 Å². The van der Waals surface area contributed by atoms with Gasteiger partial charge in [0.1, 0.15) is 0 Å². The topological polar surface area (TPSA) is 75.4 Å². The quantitative estimate of drug-likeness (QED) is 0.834. The van der Waals surface area contributed by atoms with Gasteiger partial charge in [-0.2, -0.15) is 0 Å². The molecule has 0 aromatic heterocycles. The Morgan fingerprint density at radius 2 is 1.86 bits per heavy atom. The number of hydrogen-bond donors (Lipinski definition) is 2. The lowest BCUT2D eigenvalue weighted by molar-refractivity contribution is 0.0657. The molecule has 1 fully saturated rings. The molecule has 0 aliphatic heterocycles. The van der Waals surface area contributed by atoms with Gasteiger partial charge in [0.05, 0.1) is 4.90 Å². The van der Waals surface area contributed by atoms with Crippen molar-refractivity contribution in [1.82, 2.24) is 9.62 Å². The van der Waals surface area contributed by atoms with Crippen molar-refractivity contribution < 1.29 is 8.42 Å². The summed E-state index contributed by atoms with van der Waals surface area (Å²) in [6, 6.07) is 6.67. The Bertz CT molecular complexity index is 575. The molecule has 1 aromatic rings. The van der Waals surface area contributed by atoms with Gasteiger partial charge >= 0.3 is 0 Å². The molecule has 1 saturated carbocycles. The third-order valence-electron chi connectivity index (χ3n) is 4.54. The number of sulfonamides is 1. The van der Waals surface area contributed by atoms with Crippen LogP contribution in [0.3, 0.4) is 0 Å². The van der Waals surface area contributed by atoms with E-state index in [-0.39, 0.29) is 11.6 Å². The number of hydrogen-bond acceptors (Lipinski definition) is 4. The van der Waals surface area contributed by atoms with E-state index in [0.717, 1.165) is 24.8 Å². The highest BCUT2D eigenvalue weighted by Crippen LogP contribution is 2.35. The van der Waals surface area contributed by atoms with Gasteiger partial charge in [0.2, 0.25) is 10.0 Å². The molecule has 6 heteroatoms. The normalized spacial score (nSPS) is 19.3. The largest absolute Gasteiger partial charge is 0.324 e. The fourth-order valence-corrected chi connectivity index (χ4v) is 3.75. The van der Waals surface area contributed by atoms with Gasteiger partial charge in [-0.05, 0) is 58.0 Å². The Kier molecular flexibility index (Phi) is 4.72. The van der Waals surface area contributed by atoms with Crippen LogP contribution in [-0.4, -0.2) is 39.5 Å². The predicted octanol–water partition coefficient (Wildman–Crippen LogP) is 1.47. The van der Waals surface area contributed by atoms with Crippen LogP contribution < -0.4 is 10.5 Å². The smallest absolute Gasteiger partial charge is 0.240 e. The zero-order chi connectivity index (χ0) is 15.7. The van der Waals surface area contributed by atoms with Crippen LogP contribution in [0.15, 0.2) is 29.2 Å². The number of benzene rings is 1. The molecule has 0 bridgehead atoms. The molecule has 1 aliphatic carbocycles. The molecule has 3 N–H and O–H groups in total. The maximum atomic E-state index is 12.4. The summed E-state index contributed by atoms with van der Waals surface area (Å²) in [5.74, 6) is 0. The highest BCUT2D eigenvalue weighted by atomic mass is 32.2. The second-order valence-corrected chi connectivity index (χ2v) is 7.92. The first kappa shape index (κ1) is 16.4. The molecule has 1 unspecified atom stereocenters. The van der Waals surface area contributed by atoms with Gasteiger partial charge in [0.15, 0.2) is 0 Å². The third-order valence-corrected chi connectivity index (χ3v) is 5.96. The Hall–Kier alpha value is -0.950. The standard InChI is InChI=1S/C15H25N3O2S/c1-12(16)13-5-7-14(8-6-13)21(19,20)17-11-15(18(2)3)9-4-10-15/h5-8,12,17H,4,9-11,16H2,1-3H3. The monoisotopic (exact) mass is 311 g/mol. The van der Waals surface area contributed by atoms with Crippen LogP contribution in [0.4, 0.5) is 0 Å². The first-order chi connectivity index (χ1) is 9.77. The zero-order valence-electron chi connectivity index (χ0n) is 13.0. The maximum absolute atomic E-state index is 12.4. The number of nitrogens with two attached hydrogens (primary N) is 1. The third kappa shape index (κ3) is 3.45. The molecule has 0 amide bonds. The number of nitrogens with one attached hydrogen (secondary N) is 1. The zero-order valence-corrected chi connectivity index (χ0v) is 13.8. The molecular weight excluding hydrogens is 286 g/mol. The summed E-state index contributed by atoms with van der Waals surface area (Å²) < 4.78 is 27.5. The van der Waals surface area contributed by atoms with Crippen LogP contribution in [0.2, 0.25) is 0 Å². The van der Waals surface area contributed by atoms with Crippen LogP contribution in [0.5, 0.6) is 0 Å². The van der Waals surface area contributed by atoms with Crippen LogP contribution in [0, 0.1) is 0 Å². The van der Waals surface area contributed by atoms with Gasteiger partial charge < -0.3 is 10.6 Å². The van der Waals surface area contributed by atoms with Crippen molar-refractivity contribution in [2.45, 2.75) is 42.7 Å². The molecule has 2 rings (SSSR count). The summed E-state index contributed by atoms with van der Waals surface area (Å²) in [5.41, 5.74) is 6.68. The second-order valence-electron chi connectivity index (χ2n) is 6.15. The van der Waals surface area contributed by atoms with Gasteiger partial charge in [0.25, 0.3) is 0 Å². The molecule has 1 aliphatic rings. The molecule has 5 nitrogen and oxygen atoms in total. The predicted molar refractivity (Wildman–Crippen MR) is 84.5 cm³/mol. The average Bonchev–Trinajstić information content (AvgIpc) is 2.37. The van der Waals surface area contributed by atoms with Gasteiger partial charge in [-0.3, -0.25) is 0 Å². The van der Waals surface area contributed by atoms with Crippen molar-refractivity contribution in [3.05, 3.63) is 29.8 Å². The Balaban J connectivity index is 2.08. The van der Waals surface area contributed by atoms with Crippen molar-refractivity contribution in [3.63, 3.8) is 0 Å². The first-order valence-corrected chi connectivity index (χ1v) is 8.78. The van der Waals surface area contributed by atoms with Crippen LogP contribution in [-0.2, 0) is 10.0 Å². The molecule has 0 saturated heterocycles. The highest BCUT2D eigenvalue weighted by Gasteiger charge is 2.39. The van der Waals surface area contributed by atoms with E-state index in [2.05, 4.69) is 9.62 Å². The minimum atomic E-state index is -3.46. The minimum absolute atomic E-state index is 0.0290. The van der Waals surface area contributed by atoms with E-state index in [4.69, 9.17) is 5.73 Å². The molecule has 118 valence electrons. The van der Waals surface area contributed by atoms with Crippen LogP contribution in [0.25, 0.3) is 0 Å². The summed E-state index contributed by atoms with van der Waals surface area (Å²) >= 11 is 0. The Morgan fingerprint density at radius 3 is 2.24 bits per heavy atom. The fraction of sp³-hybridized carbons (Fsp3) is 0.600. The molecule has 0 radical (unpaired) electrons. The number of likely N-dealkylation sites (N-methyl/N-ethyl adjacent to an activating group) is 1. The van der Waals surface area contributed by atoms with Crippen molar-refractivity contribution in [2.24, 2.45) is 5.73 Å². The van der Waals surface area contributed by atoms with E-state index in [1.54, 1.807) is 24.3 Å². The summed E-state index contributed by atoms with van der Waals surface area (Å²) in [4.78, 5) is 2.42. The average molecular weight is 311 g/mol. The minimum Gasteiger partial charge on any atom is -0.324 e. The highest BCUT2D eigenvalue weighted by molar-refractivity contribution is 7.89. The van der Waals surface area contributed by atoms with Crippen LogP contribution >= 0.6 is 0 Å². The lowest BCUT2D eigenvalue weighted by atomic mass is 9.76. The lowest BCUT2D eigenvalue weighted by Crippen LogP contribution is -2.57. The summed E-state index contributed by atoms with van der Waals surface area (Å²) in [6.45, 7) is 2.33. The van der Waals surface area contributed by atoms with Crippen molar-refractivity contribution in [3.8, 4) is 0 Å². The van der Waals surface area contributed by atoms with Crippen LogP contribution in [0.1, 0.15) is 37.8 Å². The summed E-state index contributed by atoms with van der Waals surface area (Å²) in [5, 5.41) is 0. The van der Waals surface area contributed by atoms with E-state index in [1.807, 2.05) is 21.0 Å². The molecule has 0 spiro atoms. The Labute approximate surface area is 127 Å². The second kappa shape index (κ2) is 6.04. The Morgan fingerprint density at radius 1 is 1.29 bits per heavy atom. The summed E-state index contributed by atoms with van der Waals surface area (Å²) in [7, 11) is 0.547. The van der Waals surface area contributed by atoms with E-state index in [0.29, 0.717) is 11.4 Å². The van der Waals surface area contributed by atoms with E-state index in [1.165, 1.54) is 0 Å². The molecule has 1 atom stereocenters. The summed E-state index contributed by atoms with van der Waals surface area (Å²) in [6.07, 6.45) is 3.22. The van der Waals surface area contributed by atoms with Gasteiger partial charge in [-0.25, -0.2) is 13.1 Å². The van der Waals surface area contributed by atoms with E-state index < -0.39 is 10.0 Å². The van der Waals surface area contributed by atoms with Crippen molar-refractivity contribution in [2.75, 3.05) is 20.6 Å². The molecule has 21 heavy (non-hydrogen) atoms. The SMILES string of the molecule is CC(N)c1ccc(S(=O)(=O)NCC2(N(C)C)CCC2)cc1.